The van der Waals surface area contributed by atoms with Crippen molar-refractivity contribution in [2.45, 2.75) is 13.8 Å². The Morgan fingerprint density at radius 3 is 2.57 bits per heavy atom. The van der Waals surface area contributed by atoms with Gasteiger partial charge >= 0.3 is 0 Å². The fourth-order valence-corrected chi connectivity index (χ4v) is 1.13. The molecule has 1 heterocycles. The Kier molecular flexibility index (Phi) is 3.36. The third-order valence-corrected chi connectivity index (χ3v) is 1.81. The van der Waals surface area contributed by atoms with E-state index in [1.54, 1.807) is 6.08 Å². The number of nitrogens with two attached hydrogens (primary N) is 1. The average Bonchev–Trinajstić information content (AvgIpc) is 2.19. The molecule has 0 aromatic carbocycles. The van der Waals surface area contributed by atoms with Gasteiger partial charge in [0.05, 0.1) is 16.4 Å². The third-order valence-electron chi connectivity index (χ3n) is 1.81. The number of nitrogens with one attached hydrogen (secondary N) is 1. The number of hydrogen-bond acceptors (Lipinski definition) is 4. The molecular formula is C10H14N4. The Hall–Kier alpha value is -1.68. The molecule has 3 N–H and O–H groups in total. The highest BCUT2D eigenvalue weighted by molar-refractivity contribution is 5.41. The van der Waals surface area contributed by atoms with Crippen LogP contribution in [0.4, 0.5) is 5.82 Å². The molecule has 0 saturated carbocycles. The Balaban J connectivity index is 3.56. The van der Waals surface area contributed by atoms with Gasteiger partial charge in [0, 0.05) is 0 Å². The van der Waals surface area contributed by atoms with Crippen molar-refractivity contribution in [3.8, 4) is 0 Å². The van der Waals surface area contributed by atoms with Crippen LogP contribution in [-0.2, 0) is 0 Å². The molecule has 0 atom stereocenters. The summed E-state index contributed by atoms with van der Waals surface area (Å²) in [5, 5.41) is 1.60. The third kappa shape index (κ3) is 1.97. The molecule has 0 amide bonds. The van der Waals surface area contributed by atoms with Crippen LogP contribution in [0.3, 0.4) is 0 Å². The minimum atomic E-state index is 0.597. The minimum absolute atomic E-state index is 0.597. The van der Waals surface area contributed by atoms with Crippen LogP contribution in [0.1, 0.15) is 12.6 Å². The lowest BCUT2D eigenvalue weighted by Crippen LogP contribution is -2.33. The molecule has 1 aromatic heterocycles. The normalized spacial score (nSPS) is 13.1. The molecule has 0 aliphatic rings. The molecular weight excluding hydrogens is 176 g/mol. The topological polar surface area (TPSA) is 63.8 Å². The zero-order valence-corrected chi connectivity index (χ0v) is 8.41. The van der Waals surface area contributed by atoms with E-state index in [9.17, 15) is 0 Å². The van der Waals surface area contributed by atoms with Crippen molar-refractivity contribution < 1.29 is 0 Å². The van der Waals surface area contributed by atoms with E-state index in [1.807, 2.05) is 26.0 Å². The molecule has 0 unspecified atom stereocenters. The van der Waals surface area contributed by atoms with Crippen LogP contribution in [0.2, 0.25) is 0 Å². The number of allylic oxidation sites excluding steroid dienone is 1. The summed E-state index contributed by atoms with van der Waals surface area (Å²) >= 11 is 0. The van der Waals surface area contributed by atoms with Crippen molar-refractivity contribution in [1.82, 2.24) is 9.97 Å². The monoisotopic (exact) mass is 190 g/mol. The van der Waals surface area contributed by atoms with Crippen LogP contribution in [0, 0.1) is 6.92 Å². The number of nitrogen functional groups attached to an aromatic ring is 1. The largest absolute Gasteiger partial charge is 0.307 e. The highest BCUT2D eigenvalue weighted by atomic mass is 15.3. The Bertz CT molecular complexity index is 448. The molecule has 0 fully saturated rings. The molecule has 0 aliphatic carbocycles. The molecule has 1 rings (SSSR count). The van der Waals surface area contributed by atoms with Crippen LogP contribution in [-0.4, -0.2) is 9.97 Å². The first-order valence-electron chi connectivity index (χ1n) is 4.33. The van der Waals surface area contributed by atoms with Crippen molar-refractivity contribution in [2.75, 3.05) is 5.43 Å². The van der Waals surface area contributed by atoms with Crippen molar-refractivity contribution in [3.05, 3.63) is 29.0 Å². The van der Waals surface area contributed by atoms with Crippen LogP contribution in [0.15, 0.2) is 12.7 Å². The second-order valence-corrected chi connectivity index (χ2v) is 2.76. The predicted octanol–water partition coefficient (Wildman–Crippen LogP) is -0.162. The van der Waals surface area contributed by atoms with Crippen LogP contribution in [0.5, 0.6) is 0 Å². The number of aromatic nitrogens is 2. The Labute approximate surface area is 82.9 Å². The number of nitrogens with zero attached hydrogens (tertiary/aromatic N) is 2. The maximum atomic E-state index is 5.30. The molecule has 0 aliphatic heterocycles. The summed E-state index contributed by atoms with van der Waals surface area (Å²) < 4.78 is 0. The SMILES string of the molecule is C=C/C=c1/nc(C)c(NN)n/c1=C/C. The van der Waals surface area contributed by atoms with Crippen molar-refractivity contribution in [1.29, 1.82) is 0 Å². The lowest BCUT2D eigenvalue weighted by Gasteiger charge is -2.02. The van der Waals surface area contributed by atoms with E-state index in [4.69, 9.17) is 5.84 Å². The molecule has 14 heavy (non-hydrogen) atoms. The average molecular weight is 190 g/mol. The summed E-state index contributed by atoms with van der Waals surface area (Å²) in [6.07, 6.45) is 5.38. The van der Waals surface area contributed by atoms with Gasteiger partial charge in [0.2, 0.25) is 0 Å². The minimum Gasteiger partial charge on any atom is -0.307 e. The van der Waals surface area contributed by atoms with Gasteiger partial charge in [-0.05, 0) is 19.9 Å². The van der Waals surface area contributed by atoms with E-state index in [-0.39, 0.29) is 0 Å². The van der Waals surface area contributed by atoms with Gasteiger partial charge in [-0.25, -0.2) is 15.8 Å². The first-order valence-corrected chi connectivity index (χ1v) is 4.33. The Morgan fingerprint density at radius 2 is 2.07 bits per heavy atom. The summed E-state index contributed by atoms with van der Waals surface area (Å²) in [5.74, 6) is 5.90. The molecule has 0 bridgehead atoms. The summed E-state index contributed by atoms with van der Waals surface area (Å²) in [6.45, 7) is 7.38. The molecule has 1 aromatic rings. The predicted molar refractivity (Wildman–Crippen MR) is 58.6 cm³/mol. The molecule has 0 saturated heterocycles. The van der Waals surface area contributed by atoms with Gasteiger partial charge in [0.15, 0.2) is 5.82 Å². The van der Waals surface area contributed by atoms with Crippen LogP contribution >= 0.6 is 0 Å². The lowest BCUT2D eigenvalue weighted by atomic mass is 10.3. The summed E-state index contributed by atoms with van der Waals surface area (Å²) in [4.78, 5) is 8.64. The Morgan fingerprint density at radius 1 is 1.36 bits per heavy atom. The number of rotatable bonds is 2. The quantitative estimate of drug-likeness (QED) is 0.502. The molecule has 4 nitrogen and oxygen atoms in total. The van der Waals surface area contributed by atoms with E-state index in [1.165, 1.54) is 0 Å². The van der Waals surface area contributed by atoms with Crippen LogP contribution in [0.25, 0.3) is 12.2 Å². The fraction of sp³-hybridized carbons (Fsp3) is 0.200. The second kappa shape index (κ2) is 4.53. The molecule has 74 valence electrons. The van der Waals surface area contributed by atoms with Gasteiger partial charge in [0.1, 0.15) is 0 Å². The second-order valence-electron chi connectivity index (χ2n) is 2.76. The smallest absolute Gasteiger partial charge is 0.162 e. The van der Waals surface area contributed by atoms with E-state index < -0.39 is 0 Å². The van der Waals surface area contributed by atoms with E-state index in [2.05, 4.69) is 22.0 Å². The molecule has 0 spiro atoms. The van der Waals surface area contributed by atoms with Gasteiger partial charge in [-0.1, -0.05) is 18.7 Å². The summed E-state index contributed by atoms with van der Waals surface area (Å²) in [7, 11) is 0. The van der Waals surface area contributed by atoms with E-state index in [0.29, 0.717) is 5.82 Å². The molecule has 4 heteroatoms. The zero-order chi connectivity index (χ0) is 10.6. The van der Waals surface area contributed by atoms with Crippen molar-refractivity contribution in [2.24, 2.45) is 5.84 Å². The standard InChI is InChI=1S/C10H14N4/c1-4-6-9-8(5-2)13-10(14-11)7(3)12-9/h4-6H,1,11H2,2-3H3,(H,13,14)/b8-5+,9-6+. The number of hydrogen-bond donors (Lipinski definition) is 2. The van der Waals surface area contributed by atoms with Gasteiger partial charge < -0.3 is 5.43 Å². The highest BCUT2D eigenvalue weighted by Gasteiger charge is 1.98. The summed E-state index contributed by atoms with van der Waals surface area (Å²) in [6, 6.07) is 0. The van der Waals surface area contributed by atoms with Crippen molar-refractivity contribution in [3.63, 3.8) is 0 Å². The zero-order valence-electron chi connectivity index (χ0n) is 8.41. The number of hydrazine groups is 1. The van der Waals surface area contributed by atoms with Crippen LogP contribution < -0.4 is 22.0 Å². The van der Waals surface area contributed by atoms with Gasteiger partial charge in [-0.15, -0.1) is 0 Å². The van der Waals surface area contributed by atoms with Gasteiger partial charge in [0.25, 0.3) is 0 Å². The maximum Gasteiger partial charge on any atom is 0.162 e. The van der Waals surface area contributed by atoms with Crippen molar-refractivity contribution >= 4 is 18.0 Å². The number of anilines is 1. The first kappa shape index (κ1) is 10.4. The summed E-state index contributed by atoms with van der Waals surface area (Å²) in [5.41, 5.74) is 3.28. The number of aryl methyl sites for hydroxylation is 1. The van der Waals surface area contributed by atoms with E-state index >= 15 is 0 Å². The maximum absolute atomic E-state index is 5.30. The van der Waals surface area contributed by atoms with Gasteiger partial charge in [-0.3, -0.25) is 0 Å². The fourth-order valence-electron chi connectivity index (χ4n) is 1.13. The highest BCUT2D eigenvalue weighted by Crippen LogP contribution is 1.98. The van der Waals surface area contributed by atoms with Gasteiger partial charge in [-0.2, -0.15) is 0 Å². The lowest BCUT2D eigenvalue weighted by molar-refractivity contribution is 1.03. The molecule has 0 radical (unpaired) electrons. The first-order chi connectivity index (χ1) is 6.72. The van der Waals surface area contributed by atoms with E-state index in [0.717, 1.165) is 16.4 Å².